The van der Waals surface area contributed by atoms with Crippen LogP contribution in [0, 0.1) is 0 Å². The van der Waals surface area contributed by atoms with Gasteiger partial charge in [0.25, 0.3) is 10.1 Å². The van der Waals surface area contributed by atoms with Crippen molar-refractivity contribution in [2.24, 2.45) is 0 Å². The number of hydrogen-bond donors (Lipinski definition) is 3. The van der Waals surface area contributed by atoms with Gasteiger partial charge in [0.2, 0.25) is 0 Å². The topological polar surface area (TPSA) is 125 Å². The van der Waals surface area contributed by atoms with Gasteiger partial charge >= 0.3 is 0 Å². The van der Waals surface area contributed by atoms with Crippen LogP contribution in [0.25, 0.3) is 10.8 Å². The van der Waals surface area contributed by atoms with Crippen molar-refractivity contribution in [3.8, 4) is 5.75 Å². The molecule has 0 aliphatic carbocycles. The van der Waals surface area contributed by atoms with Crippen molar-refractivity contribution in [2.75, 3.05) is 5.32 Å². The Hall–Kier alpha value is -2.49. The first-order valence-electron chi connectivity index (χ1n) is 6.21. The number of halogens is 1. The summed E-state index contributed by atoms with van der Waals surface area (Å²) in [7, 11) is -4.61. The second kappa shape index (κ2) is 5.61. The van der Waals surface area contributed by atoms with Crippen LogP contribution in [0.15, 0.2) is 41.4 Å². The van der Waals surface area contributed by atoms with E-state index < -0.39 is 15.0 Å². The van der Waals surface area contributed by atoms with Crippen molar-refractivity contribution in [1.29, 1.82) is 0 Å². The molecule has 0 bridgehead atoms. The maximum absolute atomic E-state index is 11.6. The first kappa shape index (κ1) is 15.4. The molecule has 118 valence electrons. The summed E-state index contributed by atoms with van der Waals surface area (Å²) in [5.41, 5.74) is -0.256. The number of nitrogens with one attached hydrogen (secondary N) is 1. The molecule has 2 aromatic carbocycles. The number of phenols is 1. The molecule has 1 aromatic heterocycles. The van der Waals surface area contributed by atoms with E-state index in [0.717, 1.165) is 0 Å². The average Bonchev–Trinajstić information content (AvgIpc) is 2.51. The minimum atomic E-state index is -4.61. The van der Waals surface area contributed by atoms with Crippen LogP contribution in [0.1, 0.15) is 0 Å². The Kier molecular flexibility index (Phi) is 3.76. The van der Waals surface area contributed by atoms with Crippen LogP contribution in [0.3, 0.4) is 0 Å². The highest BCUT2D eigenvalue weighted by atomic mass is 35.5. The highest BCUT2D eigenvalue weighted by Gasteiger charge is 2.22. The molecule has 8 nitrogen and oxygen atoms in total. The Morgan fingerprint density at radius 3 is 2.65 bits per heavy atom. The zero-order chi connectivity index (χ0) is 16.6. The van der Waals surface area contributed by atoms with E-state index in [2.05, 4.69) is 20.7 Å². The molecule has 3 N–H and O–H groups in total. The van der Waals surface area contributed by atoms with E-state index >= 15 is 0 Å². The van der Waals surface area contributed by atoms with E-state index in [4.69, 9.17) is 11.6 Å². The van der Waals surface area contributed by atoms with Crippen LogP contribution < -0.4 is 5.32 Å². The molecule has 3 aromatic rings. The van der Waals surface area contributed by atoms with E-state index in [1.54, 1.807) is 24.3 Å². The molecule has 0 aliphatic rings. The van der Waals surface area contributed by atoms with Gasteiger partial charge in [-0.15, -0.1) is 10.2 Å². The zero-order valence-corrected chi connectivity index (χ0v) is 12.9. The molecule has 0 radical (unpaired) electrons. The van der Waals surface area contributed by atoms with Crippen LogP contribution in [0.5, 0.6) is 5.75 Å². The molecule has 0 spiro atoms. The van der Waals surface area contributed by atoms with Gasteiger partial charge in [-0.2, -0.15) is 8.42 Å². The van der Waals surface area contributed by atoms with Crippen LogP contribution >= 0.6 is 11.6 Å². The Bertz CT molecular complexity index is 1010. The van der Waals surface area contributed by atoms with Crippen molar-refractivity contribution in [1.82, 2.24) is 15.4 Å². The van der Waals surface area contributed by atoms with E-state index in [-0.39, 0.29) is 22.3 Å². The lowest BCUT2D eigenvalue weighted by Crippen LogP contribution is -2.06. The summed E-state index contributed by atoms with van der Waals surface area (Å²) in [5, 5.41) is 24.3. The number of nitrogens with zero attached hydrogens (tertiary/aromatic N) is 3. The van der Waals surface area contributed by atoms with E-state index in [0.29, 0.717) is 10.8 Å². The predicted octanol–water partition coefficient (Wildman–Crippen LogP) is 2.37. The Labute approximate surface area is 135 Å². The molecule has 0 fully saturated rings. The average molecular weight is 353 g/mol. The third kappa shape index (κ3) is 2.89. The maximum atomic E-state index is 11.6. The summed E-state index contributed by atoms with van der Waals surface area (Å²) in [5.74, 6) is -0.387. The van der Waals surface area contributed by atoms with E-state index in [1.807, 2.05) is 0 Å². The lowest BCUT2D eigenvalue weighted by atomic mass is 10.1. The monoisotopic (exact) mass is 352 g/mol. The van der Waals surface area contributed by atoms with Gasteiger partial charge in [-0.25, -0.2) is 0 Å². The number of fused-ring (bicyclic) bond motifs is 1. The van der Waals surface area contributed by atoms with Gasteiger partial charge in [0.1, 0.15) is 21.4 Å². The molecule has 0 saturated heterocycles. The van der Waals surface area contributed by atoms with E-state index in [1.165, 1.54) is 12.3 Å². The van der Waals surface area contributed by atoms with Crippen LogP contribution in [0.4, 0.5) is 11.5 Å². The lowest BCUT2D eigenvalue weighted by Gasteiger charge is -2.14. The Morgan fingerprint density at radius 1 is 1.22 bits per heavy atom. The van der Waals surface area contributed by atoms with Crippen molar-refractivity contribution in [3.63, 3.8) is 0 Å². The maximum Gasteiger partial charge on any atom is 0.296 e. The number of phenolic OH excluding ortho intramolecular Hbond substituents is 1. The van der Waals surface area contributed by atoms with Gasteiger partial charge < -0.3 is 10.4 Å². The Morgan fingerprint density at radius 2 is 1.96 bits per heavy atom. The number of aromatic hydroxyl groups is 1. The quantitative estimate of drug-likeness (QED) is 0.484. The van der Waals surface area contributed by atoms with Gasteiger partial charge in [0, 0.05) is 5.39 Å². The summed E-state index contributed by atoms with van der Waals surface area (Å²) < 4.78 is 32.7. The smallest absolute Gasteiger partial charge is 0.296 e. The fourth-order valence-electron chi connectivity index (χ4n) is 2.09. The van der Waals surface area contributed by atoms with Crippen molar-refractivity contribution < 1.29 is 18.1 Å². The van der Waals surface area contributed by atoms with Gasteiger partial charge in [0.15, 0.2) is 5.82 Å². The number of aromatic nitrogens is 3. The number of benzene rings is 2. The molecule has 10 heteroatoms. The Balaban J connectivity index is 2.29. The van der Waals surface area contributed by atoms with Gasteiger partial charge in [-0.1, -0.05) is 35.9 Å². The predicted molar refractivity (Wildman–Crippen MR) is 83.5 cm³/mol. The minimum absolute atomic E-state index is 0.0165. The van der Waals surface area contributed by atoms with Gasteiger partial charge in [-0.3, -0.25) is 4.55 Å². The third-order valence-corrected chi connectivity index (χ3v) is 4.26. The largest absolute Gasteiger partial charge is 0.505 e. The number of rotatable bonds is 3. The van der Waals surface area contributed by atoms with Crippen LogP contribution in [-0.2, 0) is 10.1 Å². The fraction of sp³-hybridized carbons (Fsp3) is 0. The van der Waals surface area contributed by atoms with Crippen LogP contribution in [-0.4, -0.2) is 33.5 Å². The normalized spacial score (nSPS) is 11.6. The SMILES string of the molecule is O=S(=O)(O)c1cc2ccccc2c(O)c1Nc1nnncc1Cl. The molecule has 0 atom stereocenters. The molecule has 0 saturated carbocycles. The molecule has 23 heavy (non-hydrogen) atoms. The van der Waals surface area contributed by atoms with Gasteiger partial charge in [0.05, 0.1) is 6.20 Å². The van der Waals surface area contributed by atoms with Crippen molar-refractivity contribution in [3.05, 3.63) is 41.6 Å². The standard InChI is InChI=1S/C13H9ClN4O4S/c14-9-6-15-18-17-13(9)16-11-10(23(20,21)22)5-7-3-1-2-4-8(7)12(11)19/h1-6,19H,(H,15,16,17)(H,20,21,22). The molecule has 3 rings (SSSR count). The van der Waals surface area contributed by atoms with Crippen LogP contribution in [0.2, 0.25) is 5.02 Å². The van der Waals surface area contributed by atoms with E-state index in [9.17, 15) is 18.1 Å². The number of anilines is 2. The first-order chi connectivity index (χ1) is 10.9. The van der Waals surface area contributed by atoms with Gasteiger partial charge in [-0.05, 0) is 16.7 Å². The molecule has 1 heterocycles. The molecule has 0 amide bonds. The second-order valence-electron chi connectivity index (χ2n) is 4.55. The highest BCUT2D eigenvalue weighted by Crippen LogP contribution is 2.40. The summed E-state index contributed by atoms with van der Waals surface area (Å²) in [4.78, 5) is -0.511. The third-order valence-electron chi connectivity index (χ3n) is 3.10. The second-order valence-corrected chi connectivity index (χ2v) is 6.35. The summed E-state index contributed by atoms with van der Waals surface area (Å²) in [6.07, 6.45) is 1.20. The van der Waals surface area contributed by atoms with Crippen molar-refractivity contribution >= 4 is 44.0 Å². The minimum Gasteiger partial charge on any atom is -0.505 e. The fourth-order valence-corrected chi connectivity index (χ4v) is 2.90. The molecular formula is C13H9ClN4O4S. The van der Waals surface area contributed by atoms with Crippen molar-refractivity contribution in [2.45, 2.75) is 4.90 Å². The zero-order valence-electron chi connectivity index (χ0n) is 11.3. The molecule has 0 unspecified atom stereocenters. The summed E-state index contributed by atoms with van der Waals surface area (Å²) in [6, 6.07) is 7.79. The molecule has 0 aliphatic heterocycles. The first-order valence-corrected chi connectivity index (χ1v) is 8.03. The summed E-state index contributed by atoms with van der Waals surface area (Å²) in [6.45, 7) is 0. The molecular weight excluding hydrogens is 344 g/mol. The summed E-state index contributed by atoms with van der Waals surface area (Å²) >= 11 is 5.89. The lowest BCUT2D eigenvalue weighted by molar-refractivity contribution is 0.473. The number of hydrogen-bond acceptors (Lipinski definition) is 7. The highest BCUT2D eigenvalue weighted by molar-refractivity contribution is 7.86.